The van der Waals surface area contributed by atoms with E-state index in [0.717, 1.165) is 7.11 Å². The van der Waals surface area contributed by atoms with Gasteiger partial charge in [-0.3, -0.25) is 9.59 Å². The van der Waals surface area contributed by atoms with Crippen LogP contribution in [0, 0.1) is 0 Å². The molecule has 0 aromatic carbocycles. The van der Waals surface area contributed by atoms with E-state index in [1.54, 1.807) is 5.32 Å². The lowest BCUT2D eigenvalue weighted by Crippen LogP contribution is -2.30. The molecule has 0 atom stereocenters. The minimum Gasteiger partial charge on any atom is -0.857 e. The molecule has 2 aromatic rings. The summed E-state index contributed by atoms with van der Waals surface area (Å²) >= 11 is 0. The van der Waals surface area contributed by atoms with Crippen LogP contribution >= 0.6 is 0 Å². The van der Waals surface area contributed by atoms with Crippen LogP contribution in [-0.4, -0.2) is 41.5 Å². The van der Waals surface area contributed by atoms with Gasteiger partial charge in [0.2, 0.25) is 0 Å². The zero-order chi connectivity index (χ0) is 16.9. The highest BCUT2D eigenvalue weighted by Gasteiger charge is 2.39. The van der Waals surface area contributed by atoms with Crippen LogP contribution in [0.3, 0.4) is 0 Å². The fourth-order valence-corrected chi connectivity index (χ4v) is 1.52. The van der Waals surface area contributed by atoms with Crippen molar-refractivity contribution in [1.82, 2.24) is 14.7 Å². The fraction of sp³-hybridized carbons (Fsp3) is 0.250. The third kappa shape index (κ3) is 3.95. The number of anilines is 1. The maximum absolute atomic E-state index is 12.1. The molecule has 0 radical (unpaired) electrons. The number of alkyl halides is 3. The van der Waals surface area contributed by atoms with Crippen LogP contribution in [0.1, 0.15) is 10.4 Å². The van der Waals surface area contributed by atoms with E-state index in [1.807, 2.05) is 0 Å². The lowest BCUT2D eigenvalue weighted by Gasteiger charge is -2.04. The first-order valence-electron chi connectivity index (χ1n) is 5.81. The number of hydrogen-bond acceptors (Lipinski definition) is 4. The van der Waals surface area contributed by atoms with Gasteiger partial charge in [0.05, 0.1) is 11.8 Å². The van der Waals surface area contributed by atoms with Crippen molar-refractivity contribution in [2.45, 2.75) is 6.18 Å². The van der Waals surface area contributed by atoms with Crippen molar-refractivity contribution in [2.24, 2.45) is 0 Å². The van der Waals surface area contributed by atoms with Crippen LogP contribution < -0.4 is 15.7 Å². The summed E-state index contributed by atoms with van der Waals surface area (Å²) in [6.07, 6.45) is -2.40. The van der Waals surface area contributed by atoms with E-state index in [4.69, 9.17) is 5.11 Å². The number of halogens is 3. The van der Waals surface area contributed by atoms with Gasteiger partial charge in [0.15, 0.2) is 5.82 Å². The van der Waals surface area contributed by atoms with Crippen LogP contribution in [0.4, 0.5) is 19.0 Å². The number of imidazole rings is 1. The lowest BCUT2D eigenvalue weighted by atomic mass is 10.2. The van der Waals surface area contributed by atoms with Gasteiger partial charge in [-0.05, 0) is 12.1 Å². The van der Waals surface area contributed by atoms with Crippen molar-refractivity contribution in [1.29, 1.82) is 0 Å². The standard InChI is InChI=1S/C11H9F3N4O2.CH3O/c1-15-9(19)6-2-3-8-16-7(5-18(8)4-6)17-10(20)11(12,13)14;1-2/h2-5H,1H3,(H,15,19)(H,17,20);1H3/q;-1. The molecule has 0 aliphatic heterocycles. The summed E-state index contributed by atoms with van der Waals surface area (Å²) in [5.74, 6) is -2.70. The Morgan fingerprint density at radius 1 is 1.23 bits per heavy atom. The van der Waals surface area contributed by atoms with Crippen LogP contribution in [0.25, 0.3) is 5.65 Å². The Morgan fingerprint density at radius 3 is 2.41 bits per heavy atom. The number of aromatic nitrogens is 2. The van der Waals surface area contributed by atoms with Gasteiger partial charge in [-0.15, -0.1) is 0 Å². The molecule has 0 saturated carbocycles. The largest absolute Gasteiger partial charge is 0.857 e. The van der Waals surface area contributed by atoms with E-state index in [0.29, 0.717) is 11.2 Å². The molecule has 0 spiro atoms. The number of rotatable bonds is 2. The molecule has 120 valence electrons. The molecule has 2 rings (SSSR count). The third-order valence-corrected chi connectivity index (χ3v) is 2.44. The smallest absolute Gasteiger partial charge is 0.471 e. The van der Waals surface area contributed by atoms with Gasteiger partial charge in [-0.1, -0.05) is 0 Å². The number of nitrogens with one attached hydrogen (secondary N) is 2. The first-order valence-corrected chi connectivity index (χ1v) is 5.81. The molecular weight excluding hydrogens is 305 g/mol. The van der Waals surface area contributed by atoms with Crippen molar-refractivity contribution < 1.29 is 27.9 Å². The molecule has 2 heterocycles. The third-order valence-electron chi connectivity index (χ3n) is 2.44. The maximum atomic E-state index is 12.1. The highest BCUT2D eigenvalue weighted by molar-refractivity contribution is 5.95. The van der Waals surface area contributed by atoms with E-state index in [9.17, 15) is 22.8 Å². The second kappa shape index (κ2) is 6.89. The minimum atomic E-state index is -4.98. The summed E-state index contributed by atoms with van der Waals surface area (Å²) < 4.78 is 37.7. The molecule has 0 unspecified atom stereocenters. The van der Waals surface area contributed by atoms with Gasteiger partial charge in [0.1, 0.15) is 5.65 Å². The van der Waals surface area contributed by atoms with E-state index in [2.05, 4.69) is 10.3 Å². The second-order valence-corrected chi connectivity index (χ2v) is 3.84. The quantitative estimate of drug-likeness (QED) is 0.825. The minimum absolute atomic E-state index is 0.249. The first kappa shape index (κ1) is 17.4. The zero-order valence-electron chi connectivity index (χ0n) is 11.6. The Hall–Kier alpha value is -2.62. The highest BCUT2D eigenvalue weighted by Crippen LogP contribution is 2.18. The Balaban J connectivity index is 0.00000116. The summed E-state index contributed by atoms with van der Waals surface area (Å²) in [4.78, 5) is 26.0. The Morgan fingerprint density at radius 2 is 1.86 bits per heavy atom. The molecule has 0 aliphatic rings. The van der Waals surface area contributed by atoms with Gasteiger partial charge >= 0.3 is 12.1 Å². The molecule has 0 bridgehead atoms. The number of amides is 2. The fourth-order valence-electron chi connectivity index (χ4n) is 1.52. The van der Waals surface area contributed by atoms with E-state index >= 15 is 0 Å². The maximum Gasteiger partial charge on any atom is 0.471 e. The highest BCUT2D eigenvalue weighted by atomic mass is 19.4. The molecule has 10 heteroatoms. The summed E-state index contributed by atoms with van der Waals surface area (Å²) in [7, 11) is 2.20. The number of fused-ring (bicyclic) bond motifs is 1. The van der Waals surface area contributed by atoms with Crippen LogP contribution in [0.15, 0.2) is 24.5 Å². The monoisotopic (exact) mass is 317 g/mol. The SMILES string of the molecule is CNC(=O)c1ccc2nc(NC(=O)C(F)(F)F)cn2c1.C[O-]. The second-order valence-electron chi connectivity index (χ2n) is 3.84. The van der Waals surface area contributed by atoms with Crippen LogP contribution in [0.2, 0.25) is 0 Å². The van der Waals surface area contributed by atoms with Crippen molar-refractivity contribution in [3.8, 4) is 0 Å². The zero-order valence-corrected chi connectivity index (χ0v) is 11.6. The Kier molecular flexibility index (Phi) is 5.46. The molecule has 0 fully saturated rings. The Labute approximate surface area is 122 Å². The van der Waals surface area contributed by atoms with Gasteiger partial charge in [-0.25, -0.2) is 4.98 Å². The summed E-state index contributed by atoms with van der Waals surface area (Å²) in [6, 6.07) is 2.92. The van der Waals surface area contributed by atoms with Gasteiger partial charge in [-0.2, -0.15) is 20.3 Å². The molecule has 2 N–H and O–H groups in total. The molecule has 7 nitrogen and oxygen atoms in total. The van der Waals surface area contributed by atoms with Gasteiger partial charge in [0, 0.05) is 13.2 Å². The number of carbonyl (C=O) groups is 2. The average molecular weight is 317 g/mol. The average Bonchev–Trinajstić information content (AvgIpc) is 2.88. The number of hydrogen-bond donors (Lipinski definition) is 2. The van der Waals surface area contributed by atoms with Crippen molar-refractivity contribution in [2.75, 3.05) is 19.5 Å². The Bertz CT molecular complexity index is 682. The van der Waals surface area contributed by atoms with Crippen molar-refractivity contribution >= 4 is 23.3 Å². The van der Waals surface area contributed by atoms with E-state index in [-0.39, 0.29) is 11.7 Å². The normalized spacial score (nSPS) is 10.6. The topological polar surface area (TPSA) is 98.6 Å². The number of nitrogens with zero attached hydrogens (tertiary/aromatic N) is 2. The first-order chi connectivity index (χ1) is 10.3. The van der Waals surface area contributed by atoms with Gasteiger partial charge in [0.25, 0.3) is 5.91 Å². The van der Waals surface area contributed by atoms with Gasteiger partial charge < -0.3 is 20.1 Å². The van der Waals surface area contributed by atoms with E-state index < -0.39 is 12.1 Å². The summed E-state index contributed by atoms with van der Waals surface area (Å²) in [6.45, 7) is 0. The number of pyridine rings is 1. The number of carbonyl (C=O) groups excluding carboxylic acids is 2. The molecule has 2 amide bonds. The molecular formula is C12H12F3N4O3-. The van der Waals surface area contributed by atoms with Crippen LogP contribution in [0.5, 0.6) is 0 Å². The molecule has 22 heavy (non-hydrogen) atoms. The van der Waals surface area contributed by atoms with E-state index in [1.165, 1.54) is 36.0 Å². The summed E-state index contributed by atoms with van der Waals surface area (Å²) in [5, 5.41) is 12.3. The molecule has 0 aliphatic carbocycles. The van der Waals surface area contributed by atoms with Crippen molar-refractivity contribution in [3.05, 3.63) is 30.1 Å². The predicted molar refractivity (Wildman–Crippen MR) is 69.2 cm³/mol. The van der Waals surface area contributed by atoms with Crippen LogP contribution in [-0.2, 0) is 4.79 Å². The van der Waals surface area contributed by atoms with Crippen molar-refractivity contribution in [3.63, 3.8) is 0 Å². The predicted octanol–water partition coefficient (Wildman–Crippen LogP) is 0.171. The molecule has 2 aromatic heterocycles. The lowest BCUT2D eigenvalue weighted by molar-refractivity contribution is -0.325. The molecule has 0 saturated heterocycles. The summed E-state index contributed by atoms with van der Waals surface area (Å²) in [5.41, 5.74) is 0.612.